The maximum absolute atomic E-state index is 12.4. The van der Waals surface area contributed by atoms with Gasteiger partial charge in [0.1, 0.15) is 6.54 Å². The van der Waals surface area contributed by atoms with Crippen LogP contribution in [0.4, 0.5) is 0 Å². The van der Waals surface area contributed by atoms with Crippen LogP contribution in [0.1, 0.15) is 22.8 Å². The number of fused-ring (bicyclic) bond motifs is 1. The number of rotatable bonds is 2. The highest BCUT2D eigenvalue weighted by atomic mass is 16.5. The third-order valence-electron chi connectivity index (χ3n) is 3.93. The minimum Gasteiger partial charge on any atom is -0.375 e. The van der Waals surface area contributed by atoms with Crippen molar-refractivity contribution in [2.24, 2.45) is 0 Å². The van der Waals surface area contributed by atoms with Crippen molar-refractivity contribution in [1.29, 1.82) is 0 Å². The standard InChI is InChI=1S/C16H18N2O3/c1-11-9-17(7-8-21-11)15(19)10-18-12(2)13-5-3-4-6-14(13)16(18)20/h3-6,11H,2,7-10H2,1H3. The van der Waals surface area contributed by atoms with Crippen LogP contribution in [0.3, 0.4) is 0 Å². The summed E-state index contributed by atoms with van der Waals surface area (Å²) < 4.78 is 5.43. The van der Waals surface area contributed by atoms with Crippen LogP contribution in [0, 0.1) is 0 Å². The summed E-state index contributed by atoms with van der Waals surface area (Å²) in [5.41, 5.74) is 2.03. The van der Waals surface area contributed by atoms with E-state index in [0.717, 1.165) is 5.56 Å². The Morgan fingerprint density at radius 2 is 2.10 bits per heavy atom. The quantitative estimate of drug-likeness (QED) is 0.825. The average molecular weight is 286 g/mol. The molecule has 1 aromatic rings. The van der Waals surface area contributed by atoms with Crippen molar-refractivity contribution >= 4 is 17.5 Å². The van der Waals surface area contributed by atoms with Gasteiger partial charge in [-0.3, -0.25) is 14.5 Å². The number of hydrogen-bond donors (Lipinski definition) is 0. The Hall–Kier alpha value is -2.14. The van der Waals surface area contributed by atoms with E-state index in [4.69, 9.17) is 4.74 Å². The molecule has 5 heteroatoms. The van der Waals surface area contributed by atoms with Crippen LogP contribution < -0.4 is 0 Å². The number of hydrogen-bond acceptors (Lipinski definition) is 3. The maximum Gasteiger partial charge on any atom is 0.259 e. The summed E-state index contributed by atoms with van der Waals surface area (Å²) >= 11 is 0. The third-order valence-corrected chi connectivity index (χ3v) is 3.93. The van der Waals surface area contributed by atoms with Gasteiger partial charge in [0, 0.05) is 29.9 Å². The molecule has 0 saturated carbocycles. The number of carbonyl (C=O) groups excluding carboxylic acids is 2. The topological polar surface area (TPSA) is 49.9 Å². The number of nitrogens with zero attached hydrogens (tertiary/aromatic N) is 2. The van der Waals surface area contributed by atoms with Crippen LogP contribution in [0.2, 0.25) is 0 Å². The summed E-state index contributed by atoms with van der Waals surface area (Å²) in [7, 11) is 0. The summed E-state index contributed by atoms with van der Waals surface area (Å²) in [5, 5.41) is 0. The highest BCUT2D eigenvalue weighted by Gasteiger charge is 2.33. The first kappa shape index (κ1) is 13.8. The zero-order chi connectivity index (χ0) is 15.0. The van der Waals surface area contributed by atoms with E-state index >= 15 is 0 Å². The van der Waals surface area contributed by atoms with Crippen molar-refractivity contribution < 1.29 is 14.3 Å². The zero-order valence-corrected chi connectivity index (χ0v) is 12.0. The van der Waals surface area contributed by atoms with Crippen molar-refractivity contribution in [1.82, 2.24) is 9.80 Å². The summed E-state index contributed by atoms with van der Waals surface area (Å²) in [6.07, 6.45) is 0.0392. The first-order valence-corrected chi connectivity index (χ1v) is 7.07. The molecule has 21 heavy (non-hydrogen) atoms. The van der Waals surface area contributed by atoms with Gasteiger partial charge in [0.05, 0.1) is 12.7 Å². The van der Waals surface area contributed by atoms with Gasteiger partial charge in [-0.25, -0.2) is 0 Å². The summed E-state index contributed by atoms with van der Waals surface area (Å²) in [6.45, 7) is 7.62. The normalized spacial score (nSPS) is 21.7. The van der Waals surface area contributed by atoms with E-state index in [1.54, 1.807) is 11.0 Å². The highest BCUT2D eigenvalue weighted by Crippen LogP contribution is 2.30. The van der Waals surface area contributed by atoms with Gasteiger partial charge in [0.15, 0.2) is 0 Å². The Kier molecular flexibility index (Phi) is 3.51. The van der Waals surface area contributed by atoms with Crippen LogP contribution in [0.5, 0.6) is 0 Å². The zero-order valence-electron chi connectivity index (χ0n) is 12.0. The van der Waals surface area contributed by atoms with Crippen LogP contribution in [0.15, 0.2) is 30.8 Å². The minimum absolute atomic E-state index is 0.0392. The van der Waals surface area contributed by atoms with E-state index in [0.29, 0.717) is 31.0 Å². The molecule has 110 valence electrons. The smallest absolute Gasteiger partial charge is 0.259 e. The SMILES string of the molecule is C=C1c2ccccc2C(=O)N1CC(=O)N1CCOC(C)C1. The van der Waals surface area contributed by atoms with Crippen molar-refractivity contribution in [3.05, 3.63) is 42.0 Å². The largest absolute Gasteiger partial charge is 0.375 e. The molecule has 0 spiro atoms. The molecule has 3 rings (SSSR count). The molecule has 1 saturated heterocycles. The Morgan fingerprint density at radius 3 is 2.76 bits per heavy atom. The fourth-order valence-electron chi connectivity index (χ4n) is 2.78. The monoisotopic (exact) mass is 286 g/mol. The third kappa shape index (κ3) is 2.45. The van der Waals surface area contributed by atoms with E-state index in [2.05, 4.69) is 6.58 Å². The minimum atomic E-state index is -0.148. The van der Waals surface area contributed by atoms with Crippen molar-refractivity contribution in [2.75, 3.05) is 26.2 Å². The molecular formula is C16H18N2O3. The number of benzene rings is 1. The van der Waals surface area contributed by atoms with Crippen molar-refractivity contribution in [2.45, 2.75) is 13.0 Å². The van der Waals surface area contributed by atoms with Gasteiger partial charge in [0.2, 0.25) is 5.91 Å². The number of ether oxygens (including phenoxy) is 1. The summed E-state index contributed by atoms with van der Waals surface area (Å²) in [6, 6.07) is 7.31. The molecule has 5 nitrogen and oxygen atoms in total. The van der Waals surface area contributed by atoms with Gasteiger partial charge >= 0.3 is 0 Å². The molecule has 0 aliphatic carbocycles. The fraction of sp³-hybridized carbons (Fsp3) is 0.375. The molecule has 0 aromatic heterocycles. The van der Waals surface area contributed by atoms with Gasteiger partial charge in [-0.1, -0.05) is 24.8 Å². The maximum atomic E-state index is 12.4. The first-order chi connectivity index (χ1) is 10.1. The van der Waals surface area contributed by atoms with E-state index in [9.17, 15) is 9.59 Å². The van der Waals surface area contributed by atoms with E-state index in [1.165, 1.54) is 4.90 Å². The molecular weight excluding hydrogens is 268 g/mol. The summed E-state index contributed by atoms with van der Waals surface area (Å²) in [4.78, 5) is 27.9. The molecule has 0 bridgehead atoms. The van der Waals surface area contributed by atoms with Gasteiger partial charge in [-0.15, -0.1) is 0 Å². The number of morpholine rings is 1. The number of amides is 2. The highest BCUT2D eigenvalue weighted by molar-refractivity contribution is 6.10. The van der Waals surface area contributed by atoms with Crippen LogP contribution in [0.25, 0.3) is 5.70 Å². The molecule has 1 atom stereocenters. The lowest BCUT2D eigenvalue weighted by Crippen LogP contribution is -2.48. The summed E-state index contributed by atoms with van der Waals surface area (Å²) in [5.74, 6) is -0.210. The first-order valence-electron chi connectivity index (χ1n) is 7.07. The molecule has 1 unspecified atom stereocenters. The average Bonchev–Trinajstić information content (AvgIpc) is 2.73. The van der Waals surface area contributed by atoms with Crippen LogP contribution in [-0.2, 0) is 9.53 Å². The predicted molar refractivity (Wildman–Crippen MR) is 78.5 cm³/mol. The molecule has 0 radical (unpaired) electrons. The van der Waals surface area contributed by atoms with Gasteiger partial charge in [0.25, 0.3) is 5.91 Å². The second-order valence-electron chi connectivity index (χ2n) is 5.40. The molecule has 0 N–H and O–H groups in total. The van der Waals surface area contributed by atoms with Gasteiger partial charge in [-0.2, -0.15) is 0 Å². The second kappa shape index (κ2) is 5.33. The molecule has 1 fully saturated rings. The molecule has 2 heterocycles. The Balaban J connectivity index is 1.73. The van der Waals surface area contributed by atoms with E-state index in [1.807, 2.05) is 25.1 Å². The lowest BCUT2D eigenvalue weighted by molar-refractivity contribution is -0.138. The van der Waals surface area contributed by atoms with Crippen LogP contribution >= 0.6 is 0 Å². The van der Waals surface area contributed by atoms with E-state index in [-0.39, 0.29) is 24.5 Å². The van der Waals surface area contributed by atoms with E-state index < -0.39 is 0 Å². The Morgan fingerprint density at radius 1 is 1.38 bits per heavy atom. The fourth-order valence-corrected chi connectivity index (χ4v) is 2.78. The van der Waals surface area contributed by atoms with Gasteiger partial charge in [-0.05, 0) is 13.0 Å². The van der Waals surface area contributed by atoms with Gasteiger partial charge < -0.3 is 9.64 Å². The lowest BCUT2D eigenvalue weighted by Gasteiger charge is -2.32. The Labute approximate surface area is 123 Å². The van der Waals surface area contributed by atoms with Crippen LogP contribution in [-0.4, -0.2) is 54.0 Å². The Bertz CT molecular complexity index is 576. The second-order valence-corrected chi connectivity index (χ2v) is 5.40. The lowest BCUT2D eigenvalue weighted by atomic mass is 10.1. The number of carbonyl (C=O) groups is 2. The van der Waals surface area contributed by atoms with Crippen molar-refractivity contribution in [3.8, 4) is 0 Å². The molecule has 2 aliphatic rings. The predicted octanol–water partition coefficient (Wildman–Crippen LogP) is 1.36. The van der Waals surface area contributed by atoms with Crippen molar-refractivity contribution in [3.63, 3.8) is 0 Å². The molecule has 2 aliphatic heterocycles. The molecule has 1 aromatic carbocycles. The molecule has 2 amide bonds.